The minimum Gasteiger partial charge on any atom is -0.381 e. The average Bonchev–Trinajstić information content (AvgIpc) is 2.77. The Hall–Kier alpha value is -0.120. The fourth-order valence-corrected chi connectivity index (χ4v) is 2.11. The van der Waals surface area contributed by atoms with E-state index < -0.39 is 0 Å². The number of hydrogen-bond acceptors (Lipinski definition) is 3. The van der Waals surface area contributed by atoms with Crippen LogP contribution in [0.15, 0.2) is 0 Å². The van der Waals surface area contributed by atoms with E-state index >= 15 is 0 Å². The standard InChI is InChI=1S/C13H27NO2/c1-2-9-15-11-8-12(14)5-3-6-13-7-4-10-16-13/h12-13H,2-11,14H2,1H3. The van der Waals surface area contributed by atoms with Gasteiger partial charge in [0.15, 0.2) is 0 Å². The largest absolute Gasteiger partial charge is 0.381 e. The molecule has 2 N–H and O–H groups in total. The molecule has 0 saturated carbocycles. The molecule has 0 aliphatic carbocycles. The van der Waals surface area contributed by atoms with Crippen LogP contribution < -0.4 is 5.73 Å². The normalized spacial score (nSPS) is 22.5. The summed E-state index contributed by atoms with van der Waals surface area (Å²) in [5.74, 6) is 0. The van der Waals surface area contributed by atoms with E-state index in [0.29, 0.717) is 12.1 Å². The highest BCUT2D eigenvalue weighted by atomic mass is 16.5. The zero-order chi connectivity index (χ0) is 11.6. The van der Waals surface area contributed by atoms with Crippen molar-refractivity contribution >= 4 is 0 Å². The van der Waals surface area contributed by atoms with E-state index in [9.17, 15) is 0 Å². The van der Waals surface area contributed by atoms with E-state index in [4.69, 9.17) is 15.2 Å². The average molecular weight is 229 g/mol. The van der Waals surface area contributed by atoms with E-state index in [2.05, 4.69) is 6.92 Å². The lowest BCUT2D eigenvalue weighted by Gasteiger charge is -2.13. The van der Waals surface area contributed by atoms with Crippen LogP contribution in [0.2, 0.25) is 0 Å². The first-order valence-corrected chi connectivity index (χ1v) is 6.78. The lowest BCUT2D eigenvalue weighted by atomic mass is 10.0. The van der Waals surface area contributed by atoms with E-state index in [0.717, 1.165) is 39.1 Å². The van der Waals surface area contributed by atoms with E-state index in [1.165, 1.54) is 25.7 Å². The van der Waals surface area contributed by atoms with Gasteiger partial charge in [0, 0.05) is 25.9 Å². The van der Waals surface area contributed by atoms with Crippen LogP contribution in [0.1, 0.15) is 51.9 Å². The smallest absolute Gasteiger partial charge is 0.0576 e. The summed E-state index contributed by atoms with van der Waals surface area (Å²) in [5, 5.41) is 0. The predicted octanol–water partition coefficient (Wildman–Crippen LogP) is 2.48. The van der Waals surface area contributed by atoms with Gasteiger partial charge in [-0.15, -0.1) is 0 Å². The molecule has 1 aliphatic rings. The summed E-state index contributed by atoms with van der Waals surface area (Å²) in [4.78, 5) is 0. The molecule has 3 nitrogen and oxygen atoms in total. The SMILES string of the molecule is CCCOCCC(N)CCCC1CCCO1. The molecule has 0 bridgehead atoms. The van der Waals surface area contributed by atoms with Crippen molar-refractivity contribution in [2.75, 3.05) is 19.8 Å². The third-order valence-corrected chi connectivity index (χ3v) is 3.11. The molecule has 0 aromatic rings. The topological polar surface area (TPSA) is 44.5 Å². The molecule has 16 heavy (non-hydrogen) atoms. The first-order valence-electron chi connectivity index (χ1n) is 6.78. The van der Waals surface area contributed by atoms with E-state index in [1.807, 2.05) is 0 Å². The van der Waals surface area contributed by atoms with Gasteiger partial charge in [-0.2, -0.15) is 0 Å². The first-order chi connectivity index (χ1) is 7.83. The maximum absolute atomic E-state index is 6.02. The van der Waals surface area contributed by atoms with Crippen LogP contribution in [0, 0.1) is 0 Å². The summed E-state index contributed by atoms with van der Waals surface area (Å²) < 4.78 is 11.0. The van der Waals surface area contributed by atoms with Gasteiger partial charge in [-0.1, -0.05) is 6.92 Å². The number of ether oxygens (including phenoxy) is 2. The van der Waals surface area contributed by atoms with Crippen molar-refractivity contribution in [3.8, 4) is 0 Å². The molecule has 0 radical (unpaired) electrons. The van der Waals surface area contributed by atoms with Crippen LogP contribution >= 0.6 is 0 Å². The summed E-state index contributed by atoms with van der Waals surface area (Å²) >= 11 is 0. The molecule has 0 amide bonds. The molecular formula is C13H27NO2. The summed E-state index contributed by atoms with van der Waals surface area (Å²) in [6.45, 7) is 4.76. The Bertz CT molecular complexity index is 158. The van der Waals surface area contributed by atoms with Crippen molar-refractivity contribution in [3.63, 3.8) is 0 Å². The highest BCUT2D eigenvalue weighted by Gasteiger charge is 2.15. The lowest BCUT2D eigenvalue weighted by molar-refractivity contribution is 0.100. The van der Waals surface area contributed by atoms with Crippen LogP contribution in [0.25, 0.3) is 0 Å². The van der Waals surface area contributed by atoms with Gasteiger partial charge in [0.1, 0.15) is 0 Å². The molecule has 96 valence electrons. The molecule has 2 atom stereocenters. The van der Waals surface area contributed by atoms with E-state index in [1.54, 1.807) is 0 Å². The Morgan fingerprint density at radius 1 is 1.38 bits per heavy atom. The summed E-state index contributed by atoms with van der Waals surface area (Å²) in [6.07, 6.45) is 8.57. The van der Waals surface area contributed by atoms with Gasteiger partial charge in [0.05, 0.1) is 6.10 Å². The second kappa shape index (κ2) is 8.97. The molecule has 3 heteroatoms. The zero-order valence-corrected chi connectivity index (χ0v) is 10.6. The minimum atomic E-state index is 0.304. The van der Waals surface area contributed by atoms with Gasteiger partial charge in [-0.05, 0) is 44.9 Å². The fraction of sp³-hybridized carbons (Fsp3) is 1.00. The van der Waals surface area contributed by atoms with Crippen molar-refractivity contribution in [2.24, 2.45) is 5.73 Å². The molecule has 0 spiro atoms. The lowest BCUT2D eigenvalue weighted by Crippen LogP contribution is -2.22. The highest BCUT2D eigenvalue weighted by Crippen LogP contribution is 2.18. The zero-order valence-electron chi connectivity index (χ0n) is 10.6. The molecule has 2 unspecified atom stereocenters. The molecule has 1 aliphatic heterocycles. The molecule has 0 aromatic heterocycles. The molecule has 1 fully saturated rings. The molecule has 0 aromatic carbocycles. The maximum atomic E-state index is 6.02. The van der Waals surface area contributed by atoms with Crippen LogP contribution in [0.4, 0.5) is 0 Å². The van der Waals surface area contributed by atoms with Crippen molar-refractivity contribution in [1.82, 2.24) is 0 Å². The Balaban J connectivity index is 1.87. The second-order valence-electron chi connectivity index (χ2n) is 4.73. The van der Waals surface area contributed by atoms with Crippen LogP contribution in [-0.2, 0) is 9.47 Å². The minimum absolute atomic E-state index is 0.304. The summed E-state index contributed by atoms with van der Waals surface area (Å²) in [5.41, 5.74) is 6.02. The van der Waals surface area contributed by atoms with Gasteiger partial charge in [-0.3, -0.25) is 0 Å². The van der Waals surface area contributed by atoms with Gasteiger partial charge >= 0.3 is 0 Å². The van der Waals surface area contributed by atoms with Crippen LogP contribution in [0.5, 0.6) is 0 Å². The third kappa shape index (κ3) is 6.46. The Morgan fingerprint density at radius 3 is 2.94 bits per heavy atom. The monoisotopic (exact) mass is 229 g/mol. The summed E-state index contributed by atoms with van der Waals surface area (Å²) in [6, 6.07) is 0.304. The maximum Gasteiger partial charge on any atom is 0.0576 e. The summed E-state index contributed by atoms with van der Waals surface area (Å²) in [7, 11) is 0. The second-order valence-corrected chi connectivity index (χ2v) is 4.73. The van der Waals surface area contributed by atoms with Crippen molar-refractivity contribution < 1.29 is 9.47 Å². The fourth-order valence-electron chi connectivity index (χ4n) is 2.11. The van der Waals surface area contributed by atoms with Gasteiger partial charge in [0.2, 0.25) is 0 Å². The van der Waals surface area contributed by atoms with Crippen LogP contribution in [-0.4, -0.2) is 32.0 Å². The Kier molecular flexibility index (Phi) is 7.81. The number of rotatable bonds is 9. The van der Waals surface area contributed by atoms with Gasteiger partial charge in [0.25, 0.3) is 0 Å². The van der Waals surface area contributed by atoms with Gasteiger partial charge < -0.3 is 15.2 Å². The van der Waals surface area contributed by atoms with Crippen molar-refractivity contribution in [2.45, 2.75) is 64.0 Å². The van der Waals surface area contributed by atoms with Crippen molar-refractivity contribution in [1.29, 1.82) is 0 Å². The van der Waals surface area contributed by atoms with E-state index in [-0.39, 0.29) is 0 Å². The van der Waals surface area contributed by atoms with Crippen molar-refractivity contribution in [3.05, 3.63) is 0 Å². The predicted molar refractivity (Wildman–Crippen MR) is 66.5 cm³/mol. The first kappa shape index (κ1) is 13.9. The molecular weight excluding hydrogens is 202 g/mol. The number of nitrogens with two attached hydrogens (primary N) is 1. The Morgan fingerprint density at radius 2 is 2.25 bits per heavy atom. The van der Waals surface area contributed by atoms with Crippen LogP contribution in [0.3, 0.4) is 0 Å². The highest BCUT2D eigenvalue weighted by molar-refractivity contribution is 4.67. The van der Waals surface area contributed by atoms with Gasteiger partial charge in [-0.25, -0.2) is 0 Å². The quantitative estimate of drug-likeness (QED) is 0.618. The molecule has 1 rings (SSSR count). The molecule has 1 heterocycles. The Labute approximate surface area is 99.7 Å². The third-order valence-electron chi connectivity index (χ3n) is 3.11. The number of hydrogen-bond donors (Lipinski definition) is 1. The molecule has 1 saturated heterocycles.